The Morgan fingerprint density at radius 3 is 2.32 bits per heavy atom. The fourth-order valence-electron chi connectivity index (χ4n) is 3.03. The van der Waals surface area contributed by atoms with Crippen molar-refractivity contribution in [1.82, 2.24) is 4.31 Å². The van der Waals surface area contributed by atoms with E-state index in [1.54, 1.807) is 38.1 Å². The Bertz CT molecular complexity index is 942. The third kappa shape index (κ3) is 4.42. The highest BCUT2D eigenvalue weighted by molar-refractivity contribution is 7.89. The summed E-state index contributed by atoms with van der Waals surface area (Å²) >= 11 is 0. The molecule has 1 unspecified atom stereocenters. The van der Waals surface area contributed by atoms with Crippen molar-refractivity contribution in [2.24, 2.45) is 0 Å². The van der Waals surface area contributed by atoms with Gasteiger partial charge in [0.25, 0.3) is 5.69 Å². The number of nitro benzene ring substituents is 1. The van der Waals surface area contributed by atoms with Crippen LogP contribution in [0.4, 0.5) is 11.4 Å². The molecule has 152 valence electrons. The van der Waals surface area contributed by atoms with Gasteiger partial charge in [0.1, 0.15) is 11.4 Å². The van der Waals surface area contributed by atoms with Crippen molar-refractivity contribution in [3.8, 4) is 5.75 Å². The largest absolute Gasteiger partial charge is 0.508 e. The first-order valence-electron chi connectivity index (χ1n) is 9.09. The van der Waals surface area contributed by atoms with Gasteiger partial charge in [0.05, 0.1) is 15.9 Å². The van der Waals surface area contributed by atoms with Gasteiger partial charge in [0.15, 0.2) is 0 Å². The Morgan fingerprint density at radius 1 is 1.14 bits per heavy atom. The summed E-state index contributed by atoms with van der Waals surface area (Å²) in [6.45, 7) is 5.86. The highest BCUT2D eigenvalue weighted by atomic mass is 32.2. The van der Waals surface area contributed by atoms with E-state index in [0.29, 0.717) is 12.0 Å². The number of hydrogen-bond acceptors (Lipinski definition) is 6. The molecular formula is C19H25N3O5S. The van der Waals surface area contributed by atoms with Crippen molar-refractivity contribution >= 4 is 21.4 Å². The highest BCUT2D eigenvalue weighted by Gasteiger charge is 2.26. The van der Waals surface area contributed by atoms with Crippen LogP contribution < -0.4 is 5.32 Å². The summed E-state index contributed by atoms with van der Waals surface area (Å²) in [7, 11) is -3.81. The maximum Gasteiger partial charge on any atom is 0.293 e. The van der Waals surface area contributed by atoms with Crippen LogP contribution in [0.25, 0.3) is 0 Å². The quantitative estimate of drug-likeness (QED) is 0.482. The molecule has 0 radical (unpaired) electrons. The SMILES string of the molecule is CCC(Nc1ccc(S(=O)(=O)N(CC)CC)cc1[N+](=O)[O-])c1ccccc1O. The summed E-state index contributed by atoms with van der Waals surface area (Å²) in [6, 6.07) is 10.2. The summed E-state index contributed by atoms with van der Waals surface area (Å²) < 4.78 is 26.6. The van der Waals surface area contributed by atoms with E-state index in [2.05, 4.69) is 5.32 Å². The van der Waals surface area contributed by atoms with E-state index >= 15 is 0 Å². The van der Waals surface area contributed by atoms with Crippen LogP contribution in [0, 0.1) is 10.1 Å². The van der Waals surface area contributed by atoms with Crippen LogP contribution in [0.1, 0.15) is 38.8 Å². The van der Waals surface area contributed by atoms with E-state index in [1.807, 2.05) is 6.92 Å². The Kier molecular flexibility index (Phi) is 6.98. The number of nitro groups is 1. The normalized spacial score (nSPS) is 12.7. The van der Waals surface area contributed by atoms with E-state index in [4.69, 9.17) is 0 Å². The number of nitrogens with zero attached hydrogens (tertiary/aromatic N) is 2. The fourth-order valence-corrected chi connectivity index (χ4v) is 4.51. The summed E-state index contributed by atoms with van der Waals surface area (Å²) in [5.74, 6) is 0.0882. The van der Waals surface area contributed by atoms with Crippen LogP contribution in [0.5, 0.6) is 5.75 Å². The zero-order valence-corrected chi connectivity index (χ0v) is 16.9. The van der Waals surface area contributed by atoms with Gasteiger partial charge in [0, 0.05) is 24.7 Å². The lowest BCUT2D eigenvalue weighted by Gasteiger charge is -2.21. The molecule has 0 aliphatic rings. The van der Waals surface area contributed by atoms with Gasteiger partial charge in [0.2, 0.25) is 10.0 Å². The smallest absolute Gasteiger partial charge is 0.293 e. The van der Waals surface area contributed by atoms with E-state index < -0.39 is 14.9 Å². The molecule has 8 nitrogen and oxygen atoms in total. The molecule has 0 saturated carbocycles. The van der Waals surface area contributed by atoms with E-state index in [-0.39, 0.29) is 41.2 Å². The van der Waals surface area contributed by atoms with Crippen LogP contribution in [0.3, 0.4) is 0 Å². The van der Waals surface area contributed by atoms with Crippen LogP contribution in [0.15, 0.2) is 47.4 Å². The van der Waals surface area contributed by atoms with Crippen LogP contribution in [-0.2, 0) is 10.0 Å². The third-order valence-electron chi connectivity index (χ3n) is 4.56. The molecule has 0 aliphatic carbocycles. The molecule has 2 N–H and O–H groups in total. The molecule has 0 saturated heterocycles. The molecule has 1 atom stereocenters. The minimum absolute atomic E-state index is 0.0882. The first kappa shape index (κ1) is 21.6. The molecule has 0 fully saturated rings. The monoisotopic (exact) mass is 407 g/mol. The molecule has 28 heavy (non-hydrogen) atoms. The minimum Gasteiger partial charge on any atom is -0.508 e. The molecular weight excluding hydrogens is 382 g/mol. The van der Waals surface area contributed by atoms with Gasteiger partial charge in [-0.1, -0.05) is 39.0 Å². The number of anilines is 1. The lowest BCUT2D eigenvalue weighted by Crippen LogP contribution is -2.30. The lowest BCUT2D eigenvalue weighted by molar-refractivity contribution is -0.384. The van der Waals surface area contributed by atoms with E-state index in [0.717, 1.165) is 6.07 Å². The molecule has 0 amide bonds. The predicted molar refractivity (Wildman–Crippen MR) is 108 cm³/mol. The predicted octanol–water partition coefficient (Wildman–Crippen LogP) is 3.89. The van der Waals surface area contributed by atoms with Crippen LogP contribution >= 0.6 is 0 Å². The number of aromatic hydroxyl groups is 1. The van der Waals surface area contributed by atoms with Gasteiger partial charge in [-0.25, -0.2) is 8.42 Å². The summed E-state index contributed by atoms with van der Waals surface area (Å²) in [4.78, 5) is 10.9. The molecule has 0 bridgehead atoms. The second-order valence-corrected chi connectivity index (χ2v) is 8.13. The molecule has 0 spiro atoms. The molecule has 0 aromatic heterocycles. The van der Waals surface area contributed by atoms with Crippen LogP contribution in [-0.4, -0.2) is 35.8 Å². The number of rotatable bonds is 9. The van der Waals surface area contributed by atoms with Crippen molar-refractivity contribution < 1.29 is 18.4 Å². The maximum absolute atomic E-state index is 12.7. The van der Waals surface area contributed by atoms with Crippen molar-refractivity contribution in [3.63, 3.8) is 0 Å². The molecule has 9 heteroatoms. The third-order valence-corrected chi connectivity index (χ3v) is 6.61. The van der Waals surface area contributed by atoms with Crippen molar-refractivity contribution in [3.05, 3.63) is 58.1 Å². The Labute approximate surface area is 165 Å². The zero-order chi connectivity index (χ0) is 20.9. The molecule has 2 aromatic carbocycles. The number of sulfonamides is 1. The van der Waals surface area contributed by atoms with Crippen molar-refractivity contribution in [2.75, 3.05) is 18.4 Å². The van der Waals surface area contributed by atoms with Crippen LogP contribution in [0.2, 0.25) is 0 Å². The van der Waals surface area contributed by atoms with Gasteiger partial charge in [-0.15, -0.1) is 0 Å². The van der Waals surface area contributed by atoms with Gasteiger partial charge in [-0.3, -0.25) is 10.1 Å². The first-order valence-corrected chi connectivity index (χ1v) is 10.5. The molecule has 0 aliphatic heterocycles. The van der Waals surface area contributed by atoms with Crippen molar-refractivity contribution in [1.29, 1.82) is 0 Å². The summed E-state index contributed by atoms with van der Waals surface area (Å²) in [6.07, 6.45) is 0.564. The zero-order valence-electron chi connectivity index (χ0n) is 16.1. The fraction of sp³-hybridized carbons (Fsp3) is 0.368. The average Bonchev–Trinajstić information content (AvgIpc) is 2.67. The number of benzene rings is 2. The average molecular weight is 407 g/mol. The number of hydrogen-bond donors (Lipinski definition) is 2. The van der Waals surface area contributed by atoms with Crippen molar-refractivity contribution in [2.45, 2.75) is 38.1 Å². The highest BCUT2D eigenvalue weighted by Crippen LogP contribution is 2.34. The number of para-hydroxylation sites is 1. The second kappa shape index (κ2) is 9.03. The Morgan fingerprint density at radius 2 is 1.79 bits per heavy atom. The topological polar surface area (TPSA) is 113 Å². The van der Waals surface area contributed by atoms with E-state index in [9.17, 15) is 23.6 Å². The molecule has 2 rings (SSSR count). The summed E-state index contributed by atoms with van der Waals surface area (Å²) in [5, 5.41) is 24.7. The number of phenolic OH excluding ortho intramolecular Hbond substituents is 1. The summed E-state index contributed by atoms with van der Waals surface area (Å²) in [5.41, 5.74) is 0.472. The van der Waals surface area contributed by atoms with Gasteiger partial charge in [-0.05, 0) is 24.6 Å². The second-order valence-electron chi connectivity index (χ2n) is 6.19. The molecule has 2 aromatic rings. The molecule has 0 heterocycles. The Balaban J connectivity index is 2.46. The minimum atomic E-state index is -3.81. The van der Waals surface area contributed by atoms with Gasteiger partial charge < -0.3 is 10.4 Å². The van der Waals surface area contributed by atoms with E-state index in [1.165, 1.54) is 16.4 Å². The van der Waals surface area contributed by atoms with Gasteiger partial charge in [-0.2, -0.15) is 4.31 Å². The maximum atomic E-state index is 12.7. The number of phenols is 1. The first-order chi connectivity index (χ1) is 13.3. The Hall–Kier alpha value is -2.65. The standard InChI is InChI=1S/C19H25N3O5S/c1-4-16(15-9-7-8-10-19(15)23)20-17-12-11-14(13-18(17)22(24)25)28(26,27)21(5-2)6-3/h7-13,16,20,23H,4-6H2,1-3H3. The lowest BCUT2D eigenvalue weighted by atomic mass is 10.0. The van der Waals surface area contributed by atoms with Gasteiger partial charge >= 0.3 is 0 Å². The number of nitrogens with one attached hydrogen (secondary N) is 1.